The highest BCUT2D eigenvalue weighted by Crippen LogP contribution is 2.17. The van der Waals surface area contributed by atoms with Crippen LogP contribution < -0.4 is 11.1 Å². The van der Waals surface area contributed by atoms with Gasteiger partial charge in [0, 0.05) is 11.4 Å². The Kier molecular flexibility index (Phi) is 15.0. The van der Waals surface area contributed by atoms with Gasteiger partial charge in [0.2, 0.25) is 5.91 Å². The van der Waals surface area contributed by atoms with Crippen molar-refractivity contribution in [3.8, 4) is 6.07 Å². The van der Waals surface area contributed by atoms with Crippen LogP contribution in [0.4, 0.5) is 11.4 Å². The molecule has 196 valence electrons. The zero-order valence-electron chi connectivity index (χ0n) is 20.9. The monoisotopic (exact) mass is 512 g/mol. The number of amides is 1. The average Bonchev–Trinajstić information content (AvgIpc) is 2.89. The lowest BCUT2D eigenvalue weighted by molar-refractivity contribution is -0.134. The van der Waals surface area contributed by atoms with E-state index in [0.29, 0.717) is 23.4 Å². The van der Waals surface area contributed by atoms with E-state index in [1.165, 1.54) is 26.6 Å². The summed E-state index contributed by atoms with van der Waals surface area (Å²) < 4.78 is 9.20. The van der Waals surface area contributed by atoms with Gasteiger partial charge in [-0.05, 0) is 25.0 Å². The number of ether oxygens (including phenoxy) is 2. The van der Waals surface area contributed by atoms with E-state index in [0.717, 1.165) is 12.1 Å². The maximum absolute atomic E-state index is 11.6. The normalized spacial score (nSPS) is 9.03. The Hall–Kier alpha value is -5.04. The number of carboxylic acid groups (broad SMARTS) is 1. The minimum absolute atomic E-state index is 0.232. The second kappa shape index (κ2) is 17.4. The first kappa shape index (κ1) is 32.0. The van der Waals surface area contributed by atoms with E-state index in [4.69, 9.17) is 22.7 Å². The van der Waals surface area contributed by atoms with Crippen LogP contribution in [0.1, 0.15) is 52.4 Å². The molecule has 0 fully saturated rings. The van der Waals surface area contributed by atoms with Gasteiger partial charge in [-0.15, -0.1) is 0 Å². The summed E-state index contributed by atoms with van der Waals surface area (Å²) in [5.74, 6) is -2.53. The molecule has 0 radical (unpaired) electrons. The van der Waals surface area contributed by atoms with Gasteiger partial charge in [-0.25, -0.2) is 21.0 Å². The molecule has 2 aromatic rings. The molecule has 0 atom stereocenters. The largest absolute Gasteiger partial charge is 0.476 e. The van der Waals surface area contributed by atoms with Gasteiger partial charge in [0.25, 0.3) is 0 Å². The summed E-state index contributed by atoms with van der Waals surface area (Å²) in [4.78, 5) is 54.2. The Morgan fingerprint density at radius 1 is 1.05 bits per heavy atom. The lowest BCUT2D eigenvalue weighted by Crippen LogP contribution is -2.15. The third kappa shape index (κ3) is 11.8. The highest BCUT2D eigenvalue weighted by Gasteiger charge is 2.15. The van der Waals surface area contributed by atoms with E-state index < -0.39 is 30.4 Å². The van der Waals surface area contributed by atoms with Crippen LogP contribution in [0.2, 0.25) is 0 Å². The van der Waals surface area contributed by atoms with Crippen molar-refractivity contribution in [1.29, 1.82) is 5.26 Å². The number of hydrogen-bond acceptors (Lipinski definition) is 10. The van der Waals surface area contributed by atoms with Gasteiger partial charge in [-0.1, -0.05) is 13.8 Å². The number of nitriles is 1. The summed E-state index contributed by atoms with van der Waals surface area (Å²) in [6, 6.07) is 4.94. The minimum atomic E-state index is -1.06. The minimum Gasteiger partial charge on any atom is -0.476 e. The zero-order chi connectivity index (χ0) is 28.4. The summed E-state index contributed by atoms with van der Waals surface area (Å²) >= 11 is 0. The van der Waals surface area contributed by atoms with Crippen molar-refractivity contribution in [3.63, 3.8) is 0 Å². The average molecular weight is 513 g/mol. The fourth-order valence-corrected chi connectivity index (χ4v) is 2.39. The van der Waals surface area contributed by atoms with Gasteiger partial charge in [-0.3, -0.25) is 14.8 Å². The van der Waals surface area contributed by atoms with Crippen molar-refractivity contribution in [3.05, 3.63) is 58.5 Å². The number of anilines is 2. The quantitative estimate of drug-likeness (QED) is 0.363. The van der Waals surface area contributed by atoms with Crippen LogP contribution in [0.3, 0.4) is 0 Å². The first-order valence-electron chi connectivity index (χ1n) is 10.7. The Balaban J connectivity index is 0.000000594. The summed E-state index contributed by atoms with van der Waals surface area (Å²) in [5, 5.41) is 18.6. The molecule has 0 saturated heterocycles. The molecule has 0 saturated carbocycles. The van der Waals surface area contributed by atoms with Crippen LogP contribution in [-0.4, -0.2) is 59.7 Å². The summed E-state index contributed by atoms with van der Waals surface area (Å²) in [7, 11) is 2.59. The molecule has 1 amide bonds. The molecule has 0 aromatic carbocycles. The lowest BCUT2D eigenvalue weighted by Gasteiger charge is -2.09. The standard InChI is InChI=1S/C12H13N3O3.C9H12N2O2.C3H3NO2/c1-3-8-6-9(12(17)18-2)10(7-14-8)15-11(16)4-5-13;1-3-6-4-7(9(12)13-2)8(10)5-11-6;1-4-2-3(5)6/h6-7H,3-4H2,1-2H3,(H,15,16);4-5H,3,10H2,1-2H3;2H2,(H,5,6). The number of aromatic nitrogens is 2. The highest BCUT2D eigenvalue weighted by molar-refractivity contribution is 6.01. The molecular weight excluding hydrogens is 484 g/mol. The van der Waals surface area contributed by atoms with Gasteiger partial charge in [0.15, 0.2) is 0 Å². The van der Waals surface area contributed by atoms with Crippen LogP contribution in [0.15, 0.2) is 24.5 Å². The second-order valence-corrected chi connectivity index (χ2v) is 6.77. The molecule has 0 bridgehead atoms. The predicted octanol–water partition coefficient (Wildman–Crippen LogP) is 2.29. The molecule has 4 N–H and O–H groups in total. The lowest BCUT2D eigenvalue weighted by atomic mass is 10.1. The molecule has 2 aromatic heterocycles. The van der Waals surface area contributed by atoms with Crippen molar-refractivity contribution in [2.75, 3.05) is 31.8 Å². The molecule has 37 heavy (non-hydrogen) atoms. The zero-order valence-corrected chi connectivity index (χ0v) is 20.9. The molecule has 0 aliphatic carbocycles. The molecule has 0 unspecified atom stereocenters. The van der Waals surface area contributed by atoms with Gasteiger partial charge in [0.05, 0.1) is 55.2 Å². The Bertz CT molecular complexity index is 1190. The van der Waals surface area contributed by atoms with E-state index >= 15 is 0 Å². The highest BCUT2D eigenvalue weighted by atomic mass is 16.5. The number of nitrogens with one attached hydrogen (secondary N) is 1. The molecule has 0 spiro atoms. The fraction of sp³-hybridized carbons (Fsp3) is 0.333. The number of nitrogen functional groups attached to an aromatic ring is 1. The number of rotatable bonds is 7. The Morgan fingerprint density at radius 3 is 2.00 bits per heavy atom. The third-order valence-corrected chi connectivity index (χ3v) is 4.22. The van der Waals surface area contributed by atoms with Gasteiger partial charge in [0.1, 0.15) is 6.42 Å². The SMILES string of the molecule is CCc1cc(C(=O)OC)c(N)cn1.CCc1cc(C(=O)OC)c(NC(=O)CC#N)cn1.[C-]#[N+]CC(=O)O. The molecule has 13 heteroatoms. The maximum atomic E-state index is 11.6. The van der Waals surface area contributed by atoms with Crippen molar-refractivity contribution in [2.45, 2.75) is 33.1 Å². The van der Waals surface area contributed by atoms with Crippen LogP contribution in [-0.2, 0) is 31.9 Å². The Labute approximate surface area is 214 Å². The van der Waals surface area contributed by atoms with Gasteiger partial charge >= 0.3 is 24.5 Å². The maximum Gasteiger partial charge on any atom is 0.384 e. The smallest absolute Gasteiger partial charge is 0.384 e. The van der Waals surface area contributed by atoms with E-state index in [9.17, 15) is 19.2 Å². The van der Waals surface area contributed by atoms with Gasteiger partial charge in [-0.2, -0.15) is 5.26 Å². The number of nitrogens with two attached hydrogens (primary N) is 1. The topological polar surface area (TPSA) is 199 Å². The molecule has 0 aliphatic rings. The number of methoxy groups -OCH3 is 2. The van der Waals surface area contributed by atoms with Crippen LogP contribution in [0.5, 0.6) is 0 Å². The van der Waals surface area contributed by atoms with Crippen molar-refractivity contribution < 1.29 is 33.8 Å². The molecular formula is C24H28N6O7. The number of pyridine rings is 2. The number of nitrogens with zero attached hydrogens (tertiary/aromatic N) is 4. The number of carboxylic acids is 1. The number of aryl methyl sites for hydroxylation is 2. The van der Waals surface area contributed by atoms with Crippen molar-refractivity contribution >= 4 is 35.2 Å². The summed E-state index contributed by atoms with van der Waals surface area (Å²) in [5.41, 5.74) is 8.32. The number of aliphatic carboxylic acids is 1. The van der Waals surface area contributed by atoms with E-state index in [-0.39, 0.29) is 17.7 Å². The van der Waals surface area contributed by atoms with Crippen LogP contribution >= 0.6 is 0 Å². The first-order chi connectivity index (χ1) is 17.6. The van der Waals surface area contributed by atoms with Crippen molar-refractivity contribution in [2.24, 2.45) is 0 Å². The number of hydrogen-bond donors (Lipinski definition) is 3. The third-order valence-electron chi connectivity index (χ3n) is 4.22. The predicted molar refractivity (Wildman–Crippen MR) is 132 cm³/mol. The fourth-order valence-electron chi connectivity index (χ4n) is 2.39. The van der Waals surface area contributed by atoms with Crippen LogP contribution in [0.25, 0.3) is 4.85 Å². The van der Waals surface area contributed by atoms with E-state index in [2.05, 4.69) is 29.6 Å². The molecule has 0 aliphatic heterocycles. The number of carbonyl (C=O) groups excluding carboxylic acids is 3. The molecule has 2 rings (SSSR count). The number of esters is 2. The second-order valence-electron chi connectivity index (χ2n) is 6.77. The van der Waals surface area contributed by atoms with Crippen LogP contribution in [0, 0.1) is 17.9 Å². The summed E-state index contributed by atoms with van der Waals surface area (Å²) in [6.45, 7) is 9.42. The molecule has 13 nitrogen and oxygen atoms in total. The van der Waals surface area contributed by atoms with Gasteiger partial charge < -0.3 is 30.5 Å². The van der Waals surface area contributed by atoms with E-state index in [1.54, 1.807) is 18.2 Å². The first-order valence-corrected chi connectivity index (χ1v) is 10.7. The van der Waals surface area contributed by atoms with Crippen molar-refractivity contribution in [1.82, 2.24) is 9.97 Å². The summed E-state index contributed by atoms with van der Waals surface area (Å²) in [6.07, 6.45) is 4.02. The Morgan fingerprint density at radius 2 is 1.57 bits per heavy atom. The molecule has 2 heterocycles. The number of carbonyl (C=O) groups is 4. The van der Waals surface area contributed by atoms with E-state index in [1.807, 2.05) is 13.8 Å².